The quantitative estimate of drug-likeness (QED) is 0.803. The lowest BCUT2D eigenvalue weighted by atomic mass is 10.1. The molecular weight excluding hydrogens is 298 g/mol. The van der Waals surface area contributed by atoms with E-state index < -0.39 is 0 Å². The largest absolute Gasteiger partial charge is 0.344 e. The third-order valence-corrected chi connectivity index (χ3v) is 4.13. The normalized spacial score (nSPS) is 12.1. The van der Waals surface area contributed by atoms with Gasteiger partial charge in [0.25, 0.3) is 5.91 Å². The number of carbonyl (C=O) groups excluding carboxylic acids is 1. The molecule has 1 N–H and O–H groups in total. The molecule has 0 aliphatic carbocycles. The molecule has 0 saturated heterocycles. The highest BCUT2D eigenvalue weighted by Gasteiger charge is 2.15. The molecule has 3 rings (SSSR count). The van der Waals surface area contributed by atoms with Crippen molar-refractivity contribution >= 4 is 17.2 Å². The van der Waals surface area contributed by atoms with Crippen LogP contribution in [-0.2, 0) is 7.05 Å². The molecule has 0 bridgehead atoms. The van der Waals surface area contributed by atoms with Crippen molar-refractivity contribution in [1.82, 2.24) is 25.1 Å². The van der Waals surface area contributed by atoms with Gasteiger partial charge in [-0.1, -0.05) is 0 Å². The molecule has 1 atom stereocenters. The van der Waals surface area contributed by atoms with Gasteiger partial charge in [-0.15, -0.1) is 11.3 Å². The predicted octanol–water partition coefficient (Wildman–Crippen LogP) is 2.43. The fourth-order valence-corrected chi connectivity index (χ4v) is 2.82. The molecule has 22 heavy (non-hydrogen) atoms. The van der Waals surface area contributed by atoms with Gasteiger partial charge in [0.05, 0.1) is 12.2 Å². The Labute approximate surface area is 131 Å². The highest BCUT2D eigenvalue weighted by Crippen LogP contribution is 2.23. The SMILES string of the molecule is C[C@H](NC(=O)c1csc(-c2cnn(C)c2)n1)c1ccncc1. The Hall–Kier alpha value is -2.54. The number of hydrogen-bond acceptors (Lipinski definition) is 5. The van der Waals surface area contributed by atoms with Gasteiger partial charge in [-0.05, 0) is 24.6 Å². The minimum Gasteiger partial charge on any atom is -0.344 e. The molecule has 0 unspecified atom stereocenters. The summed E-state index contributed by atoms with van der Waals surface area (Å²) in [6.45, 7) is 1.93. The topological polar surface area (TPSA) is 72.7 Å². The van der Waals surface area contributed by atoms with E-state index >= 15 is 0 Å². The number of carbonyl (C=O) groups is 1. The van der Waals surface area contributed by atoms with Crippen molar-refractivity contribution in [1.29, 1.82) is 0 Å². The number of nitrogens with zero attached hydrogens (tertiary/aromatic N) is 4. The van der Waals surface area contributed by atoms with Gasteiger partial charge in [0.2, 0.25) is 0 Å². The Kier molecular flexibility index (Phi) is 3.97. The fourth-order valence-electron chi connectivity index (χ4n) is 2.05. The minimum atomic E-state index is -0.185. The van der Waals surface area contributed by atoms with Gasteiger partial charge in [-0.3, -0.25) is 14.5 Å². The number of thiazole rings is 1. The molecule has 3 aromatic rings. The lowest BCUT2D eigenvalue weighted by Crippen LogP contribution is -2.26. The predicted molar refractivity (Wildman–Crippen MR) is 84.4 cm³/mol. The van der Waals surface area contributed by atoms with Crippen LogP contribution in [0, 0.1) is 0 Å². The summed E-state index contributed by atoms with van der Waals surface area (Å²) >= 11 is 1.43. The maximum atomic E-state index is 12.3. The van der Waals surface area contributed by atoms with Crippen LogP contribution in [-0.4, -0.2) is 25.7 Å². The molecule has 7 heteroatoms. The van der Waals surface area contributed by atoms with Gasteiger partial charge < -0.3 is 5.32 Å². The molecule has 0 fully saturated rings. The number of aromatic nitrogens is 4. The van der Waals surface area contributed by atoms with Crippen molar-refractivity contribution in [3.05, 3.63) is 53.6 Å². The van der Waals surface area contributed by atoms with Crippen LogP contribution in [0.25, 0.3) is 10.6 Å². The van der Waals surface area contributed by atoms with Crippen LogP contribution in [0.1, 0.15) is 29.0 Å². The smallest absolute Gasteiger partial charge is 0.271 e. The number of rotatable bonds is 4. The monoisotopic (exact) mass is 313 g/mol. The Bertz CT molecular complexity index is 780. The molecule has 0 aromatic carbocycles. The summed E-state index contributed by atoms with van der Waals surface area (Å²) in [5.41, 5.74) is 2.34. The van der Waals surface area contributed by atoms with Gasteiger partial charge in [-0.25, -0.2) is 4.98 Å². The summed E-state index contributed by atoms with van der Waals surface area (Å²) < 4.78 is 1.71. The first kappa shape index (κ1) is 14.4. The first-order chi connectivity index (χ1) is 10.6. The van der Waals surface area contributed by atoms with E-state index in [-0.39, 0.29) is 11.9 Å². The average Bonchev–Trinajstić information content (AvgIpc) is 3.16. The highest BCUT2D eigenvalue weighted by atomic mass is 32.1. The van der Waals surface area contributed by atoms with Crippen LogP contribution >= 0.6 is 11.3 Å². The molecule has 0 aliphatic heterocycles. The van der Waals surface area contributed by atoms with Crippen LogP contribution < -0.4 is 5.32 Å². The molecule has 0 radical (unpaired) electrons. The first-order valence-electron chi connectivity index (χ1n) is 6.79. The van der Waals surface area contributed by atoms with Crippen molar-refractivity contribution < 1.29 is 4.79 Å². The molecular formula is C15H15N5OS. The van der Waals surface area contributed by atoms with Crippen LogP contribution in [0.5, 0.6) is 0 Å². The standard InChI is InChI=1S/C15H15N5OS/c1-10(11-3-5-16-6-4-11)18-14(21)13-9-22-15(19-13)12-7-17-20(2)8-12/h3-10H,1-2H3,(H,18,21)/t10-/m0/s1. The summed E-state index contributed by atoms with van der Waals surface area (Å²) in [5.74, 6) is -0.185. The van der Waals surface area contributed by atoms with Crippen molar-refractivity contribution in [3.8, 4) is 10.6 Å². The molecule has 3 heterocycles. The third kappa shape index (κ3) is 3.04. The Balaban J connectivity index is 1.72. The number of amides is 1. The zero-order valence-electron chi connectivity index (χ0n) is 12.2. The van der Waals surface area contributed by atoms with E-state index in [0.29, 0.717) is 5.69 Å². The summed E-state index contributed by atoms with van der Waals surface area (Å²) in [6.07, 6.45) is 7.03. The lowest BCUT2D eigenvalue weighted by Gasteiger charge is -2.12. The zero-order chi connectivity index (χ0) is 15.5. The molecule has 3 aromatic heterocycles. The van der Waals surface area contributed by atoms with Crippen LogP contribution in [0.3, 0.4) is 0 Å². The van der Waals surface area contributed by atoms with Crippen molar-refractivity contribution in [2.75, 3.05) is 0 Å². The van der Waals surface area contributed by atoms with E-state index in [1.165, 1.54) is 11.3 Å². The van der Waals surface area contributed by atoms with Gasteiger partial charge in [0.1, 0.15) is 10.7 Å². The Morgan fingerprint density at radius 1 is 1.36 bits per heavy atom. The van der Waals surface area contributed by atoms with E-state index in [1.807, 2.05) is 32.3 Å². The number of aryl methyl sites for hydroxylation is 1. The summed E-state index contributed by atoms with van der Waals surface area (Å²) in [6, 6.07) is 3.67. The third-order valence-electron chi connectivity index (χ3n) is 3.24. The van der Waals surface area contributed by atoms with Gasteiger partial charge in [0, 0.05) is 36.6 Å². The van der Waals surface area contributed by atoms with Crippen molar-refractivity contribution in [3.63, 3.8) is 0 Å². The van der Waals surface area contributed by atoms with Crippen LogP contribution in [0.4, 0.5) is 0 Å². The molecule has 0 spiro atoms. The maximum Gasteiger partial charge on any atom is 0.271 e. The minimum absolute atomic E-state index is 0.0981. The van der Waals surface area contributed by atoms with E-state index in [4.69, 9.17) is 0 Å². The van der Waals surface area contributed by atoms with E-state index in [0.717, 1.165) is 16.1 Å². The number of nitrogens with one attached hydrogen (secondary N) is 1. The summed E-state index contributed by atoms with van der Waals surface area (Å²) in [4.78, 5) is 20.6. The highest BCUT2D eigenvalue weighted by molar-refractivity contribution is 7.13. The van der Waals surface area contributed by atoms with E-state index in [9.17, 15) is 4.79 Å². The molecule has 6 nitrogen and oxygen atoms in total. The second kappa shape index (κ2) is 6.07. The Morgan fingerprint density at radius 2 is 2.14 bits per heavy atom. The maximum absolute atomic E-state index is 12.3. The van der Waals surface area contributed by atoms with Gasteiger partial charge in [-0.2, -0.15) is 5.10 Å². The average molecular weight is 313 g/mol. The summed E-state index contributed by atoms with van der Waals surface area (Å²) in [5, 5.41) is 9.60. The van der Waals surface area contributed by atoms with Crippen molar-refractivity contribution in [2.24, 2.45) is 7.05 Å². The van der Waals surface area contributed by atoms with Crippen LogP contribution in [0.2, 0.25) is 0 Å². The second-order valence-electron chi connectivity index (χ2n) is 4.92. The lowest BCUT2D eigenvalue weighted by molar-refractivity contribution is 0.0935. The van der Waals surface area contributed by atoms with Crippen LogP contribution in [0.15, 0.2) is 42.3 Å². The van der Waals surface area contributed by atoms with Gasteiger partial charge >= 0.3 is 0 Å². The summed E-state index contributed by atoms with van der Waals surface area (Å²) in [7, 11) is 1.85. The molecule has 0 saturated carbocycles. The number of pyridine rings is 1. The molecule has 1 amide bonds. The van der Waals surface area contributed by atoms with E-state index in [2.05, 4.69) is 20.4 Å². The van der Waals surface area contributed by atoms with Crippen molar-refractivity contribution in [2.45, 2.75) is 13.0 Å². The molecule has 112 valence electrons. The first-order valence-corrected chi connectivity index (χ1v) is 7.67. The fraction of sp³-hybridized carbons (Fsp3) is 0.200. The zero-order valence-corrected chi connectivity index (χ0v) is 13.0. The van der Waals surface area contributed by atoms with Gasteiger partial charge in [0.15, 0.2) is 0 Å². The van der Waals surface area contributed by atoms with E-state index in [1.54, 1.807) is 28.7 Å². The Morgan fingerprint density at radius 3 is 2.82 bits per heavy atom. The second-order valence-corrected chi connectivity index (χ2v) is 5.77. The molecule has 0 aliphatic rings. The number of hydrogen-bond donors (Lipinski definition) is 1.